The Labute approximate surface area is 98.7 Å². The molecule has 1 saturated heterocycles. The number of benzene rings is 1. The third-order valence-corrected chi connectivity index (χ3v) is 3.42. The van der Waals surface area contributed by atoms with Crippen molar-refractivity contribution in [2.45, 2.75) is 19.9 Å². The maximum atomic E-state index is 3.56. The summed E-state index contributed by atoms with van der Waals surface area (Å²) >= 11 is 0. The lowest BCUT2D eigenvalue weighted by Crippen LogP contribution is -2.26. The van der Waals surface area contributed by atoms with Gasteiger partial charge in [0.05, 0.1) is 0 Å². The molecule has 0 amide bonds. The summed E-state index contributed by atoms with van der Waals surface area (Å²) in [5.74, 6) is 0.851. The van der Waals surface area contributed by atoms with Crippen molar-refractivity contribution in [3.63, 3.8) is 0 Å². The summed E-state index contributed by atoms with van der Waals surface area (Å²) in [7, 11) is 0. The van der Waals surface area contributed by atoms with Gasteiger partial charge in [0.2, 0.25) is 0 Å². The molecule has 2 nitrogen and oxygen atoms in total. The van der Waals surface area contributed by atoms with Crippen LogP contribution in [0.4, 0.5) is 0 Å². The molecule has 1 aliphatic heterocycles. The van der Waals surface area contributed by atoms with Crippen molar-refractivity contribution >= 4 is 0 Å². The zero-order chi connectivity index (χ0) is 11.2. The Hall–Kier alpha value is -0.860. The molecule has 1 atom stereocenters. The van der Waals surface area contributed by atoms with Crippen molar-refractivity contribution in [3.8, 4) is 0 Å². The summed E-state index contributed by atoms with van der Waals surface area (Å²) in [5, 5.41) is 3.56. The van der Waals surface area contributed by atoms with Crippen LogP contribution in [0.1, 0.15) is 18.9 Å². The summed E-state index contributed by atoms with van der Waals surface area (Å²) in [4.78, 5) is 2.54. The predicted molar refractivity (Wildman–Crippen MR) is 68.4 cm³/mol. The third kappa shape index (κ3) is 3.32. The number of likely N-dealkylation sites (tertiary alicyclic amines) is 1. The second-order valence-corrected chi connectivity index (χ2v) is 4.66. The Morgan fingerprint density at radius 2 is 2.12 bits per heavy atom. The highest BCUT2D eigenvalue weighted by Gasteiger charge is 2.20. The molecule has 0 aromatic heterocycles. The van der Waals surface area contributed by atoms with Gasteiger partial charge in [0.15, 0.2) is 0 Å². The molecule has 16 heavy (non-hydrogen) atoms. The highest BCUT2D eigenvalue weighted by molar-refractivity contribution is 5.14. The van der Waals surface area contributed by atoms with Gasteiger partial charge in [-0.15, -0.1) is 0 Å². The van der Waals surface area contributed by atoms with E-state index in [0.717, 1.165) is 19.0 Å². The molecule has 0 bridgehead atoms. The summed E-state index contributed by atoms with van der Waals surface area (Å²) in [6, 6.07) is 10.6. The highest BCUT2D eigenvalue weighted by atomic mass is 15.1. The molecule has 1 unspecified atom stereocenters. The van der Waals surface area contributed by atoms with Gasteiger partial charge < -0.3 is 10.2 Å². The maximum Gasteiger partial charge on any atom is 0.0205 e. The second-order valence-electron chi connectivity index (χ2n) is 4.66. The monoisotopic (exact) mass is 218 g/mol. The van der Waals surface area contributed by atoms with Crippen LogP contribution in [0.3, 0.4) is 0 Å². The Balaban J connectivity index is 1.65. The largest absolute Gasteiger partial charge is 0.312 e. The molecule has 2 heteroatoms. The van der Waals surface area contributed by atoms with Gasteiger partial charge >= 0.3 is 0 Å². The molecule has 0 saturated carbocycles. The van der Waals surface area contributed by atoms with Gasteiger partial charge in [-0.2, -0.15) is 0 Å². The standard InChI is InChI=1S/C14H22N2/c1-2-16-9-8-14(12-16)11-15-10-13-6-4-3-5-7-13/h3-7,14-15H,2,8-12H2,1H3. The first-order valence-electron chi connectivity index (χ1n) is 6.35. The van der Waals surface area contributed by atoms with E-state index >= 15 is 0 Å². The third-order valence-electron chi connectivity index (χ3n) is 3.42. The van der Waals surface area contributed by atoms with E-state index in [-0.39, 0.29) is 0 Å². The fourth-order valence-electron chi connectivity index (χ4n) is 2.38. The van der Waals surface area contributed by atoms with E-state index in [4.69, 9.17) is 0 Å². The van der Waals surface area contributed by atoms with Crippen LogP contribution in [-0.2, 0) is 6.54 Å². The fourth-order valence-corrected chi connectivity index (χ4v) is 2.38. The number of hydrogen-bond acceptors (Lipinski definition) is 2. The van der Waals surface area contributed by atoms with Crippen LogP contribution in [0.15, 0.2) is 30.3 Å². The smallest absolute Gasteiger partial charge is 0.0205 e. The van der Waals surface area contributed by atoms with Crippen molar-refractivity contribution < 1.29 is 0 Å². The molecule has 2 rings (SSSR count). The molecule has 0 spiro atoms. The minimum Gasteiger partial charge on any atom is -0.312 e. The van der Waals surface area contributed by atoms with E-state index in [1.807, 2.05) is 0 Å². The lowest BCUT2D eigenvalue weighted by atomic mass is 10.1. The minimum absolute atomic E-state index is 0.851. The quantitative estimate of drug-likeness (QED) is 0.814. The van der Waals surface area contributed by atoms with Crippen molar-refractivity contribution in [1.29, 1.82) is 0 Å². The SMILES string of the molecule is CCN1CCC(CNCc2ccccc2)C1. The average Bonchev–Trinajstić information content (AvgIpc) is 2.78. The normalized spacial score (nSPS) is 21.4. The predicted octanol–water partition coefficient (Wildman–Crippen LogP) is 2.12. The molecule has 1 fully saturated rings. The van der Waals surface area contributed by atoms with Crippen LogP contribution in [0.25, 0.3) is 0 Å². The Morgan fingerprint density at radius 1 is 1.31 bits per heavy atom. The Bertz CT molecular complexity index is 297. The van der Waals surface area contributed by atoms with E-state index in [9.17, 15) is 0 Å². The van der Waals surface area contributed by atoms with Gasteiger partial charge in [-0.1, -0.05) is 37.3 Å². The zero-order valence-electron chi connectivity index (χ0n) is 10.2. The van der Waals surface area contributed by atoms with Gasteiger partial charge in [0.25, 0.3) is 0 Å². The number of hydrogen-bond donors (Lipinski definition) is 1. The summed E-state index contributed by atoms with van der Waals surface area (Å²) in [5.41, 5.74) is 1.38. The second kappa shape index (κ2) is 6.02. The average molecular weight is 218 g/mol. The fraction of sp³-hybridized carbons (Fsp3) is 0.571. The Morgan fingerprint density at radius 3 is 2.81 bits per heavy atom. The van der Waals surface area contributed by atoms with Crippen LogP contribution in [-0.4, -0.2) is 31.1 Å². The molecule has 0 aliphatic carbocycles. The Kier molecular flexibility index (Phi) is 4.37. The molecule has 1 aromatic carbocycles. The first-order chi connectivity index (χ1) is 7.88. The van der Waals surface area contributed by atoms with Gasteiger partial charge in [0.1, 0.15) is 0 Å². The molecule has 88 valence electrons. The first kappa shape index (κ1) is 11.6. The minimum atomic E-state index is 0.851. The zero-order valence-corrected chi connectivity index (χ0v) is 10.2. The lowest BCUT2D eigenvalue weighted by molar-refractivity contribution is 0.339. The van der Waals surface area contributed by atoms with Crippen LogP contribution >= 0.6 is 0 Å². The topological polar surface area (TPSA) is 15.3 Å². The maximum absolute atomic E-state index is 3.56. The summed E-state index contributed by atoms with van der Waals surface area (Å²) in [6.07, 6.45) is 1.36. The van der Waals surface area contributed by atoms with Gasteiger partial charge in [-0.05, 0) is 37.5 Å². The van der Waals surface area contributed by atoms with Crippen molar-refractivity contribution in [3.05, 3.63) is 35.9 Å². The van der Waals surface area contributed by atoms with Gasteiger partial charge in [0, 0.05) is 13.1 Å². The van der Waals surface area contributed by atoms with E-state index in [0.29, 0.717) is 0 Å². The van der Waals surface area contributed by atoms with Crippen molar-refractivity contribution in [1.82, 2.24) is 10.2 Å². The van der Waals surface area contributed by atoms with Gasteiger partial charge in [-0.3, -0.25) is 0 Å². The van der Waals surface area contributed by atoms with Crippen molar-refractivity contribution in [2.75, 3.05) is 26.2 Å². The van der Waals surface area contributed by atoms with Crippen LogP contribution in [0, 0.1) is 5.92 Å². The van der Waals surface area contributed by atoms with Crippen LogP contribution < -0.4 is 5.32 Å². The molecule has 0 radical (unpaired) electrons. The van der Waals surface area contributed by atoms with E-state index in [1.54, 1.807) is 0 Å². The van der Waals surface area contributed by atoms with Gasteiger partial charge in [-0.25, -0.2) is 0 Å². The molecular weight excluding hydrogens is 196 g/mol. The lowest BCUT2D eigenvalue weighted by Gasteiger charge is -2.13. The highest BCUT2D eigenvalue weighted by Crippen LogP contribution is 2.14. The van der Waals surface area contributed by atoms with Crippen LogP contribution in [0.5, 0.6) is 0 Å². The number of nitrogens with one attached hydrogen (secondary N) is 1. The molecule has 1 N–H and O–H groups in total. The van der Waals surface area contributed by atoms with E-state index < -0.39 is 0 Å². The summed E-state index contributed by atoms with van der Waals surface area (Å²) in [6.45, 7) is 8.18. The first-order valence-corrected chi connectivity index (χ1v) is 6.35. The van der Waals surface area contributed by atoms with Crippen molar-refractivity contribution in [2.24, 2.45) is 5.92 Å². The van der Waals surface area contributed by atoms with E-state index in [2.05, 4.69) is 47.5 Å². The molecule has 1 heterocycles. The molecular formula is C14H22N2. The molecule has 1 aliphatic rings. The summed E-state index contributed by atoms with van der Waals surface area (Å²) < 4.78 is 0. The van der Waals surface area contributed by atoms with Crippen LogP contribution in [0.2, 0.25) is 0 Å². The molecule has 1 aromatic rings. The number of rotatable bonds is 5. The number of nitrogens with zero attached hydrogens (tertiary/aromatic N) is 1. The van der Waals surface area contributed by atoms with E-state index in [1.165, 1.54) is 31.6 Å².